The Morgan fingerprint density at radius 1 is 0.878 bits per heavy atom. The van der Waals surface area contributed by atoms with Gasteiger partial charge in [-0.15, -0.1) is 0 Å². The first-order chi connectivity index (χ1) is 19.2. The lowest BCUT2D eigenvalue weighted by Crippen LogP contribution is -2.52. The van der Waals surface area contributed by atoms with Gasteiger partial charge in [0.1, 0.15) is 12.6 Å². The van der Waals surface area contributed by atoms with E-state index in [2.05, 4.69) is 5.32 Å². The topological polar surface area (TPSA) is 86.8 Å². The molecule has 0 aromatic heterocycles. The minimum Gasteiger partial charge on any atom is -0.352 e. The van der Waals surface area contributed by atoms with Gasteiger partial charge in [0.15, 0.2) is 0 Å². The van der Waals surface area contributed by atoms with Crippen molar-refractivity contribution in [2.75, 3.05) is 10.8 Å². The summed E-state index contributed by atoms with van der Waals surface area (Å²) in [7, 11) is -4.20. The van der Waals surface area contributed by atoms with E-state index >= 15 is 0 Å². The number of rotatable bonds is 11. The molecule has 7 nitrogen and oxygen atoms in total. The van der Waals surface area contributed by atoms with Gasteiger partial charge in [0, 0.05) is 17.6 Å². The van der Waals surface area contributed by atoms with E-state index < -0.39 is 28.5 Å². The third-order valence-electron chi connectivity index (χ3n) is 6.84. The molecule has 2 amide bonds. The number of benzene rings is 3. The number of hydrogen-bond donors (Lipinski definition) is 1. The van der Waals surface area contributed by atoms with E-state index in [9.17, 15) is 18.0 Å². The van der Waals surface area contributed by atoms with E-state index in [-0.39, 0.29) is 29.1 Å². The zero-order valence-corrected chi connectivity index (χ0v) is 26.7. The number of halogens is 3. The molecule has 3 aromatic rings. The number of nitrogens with one attached hydrogen (secondary N) is 1. The highest BCUT2D eigenvalue weighted by molar-refractivity contribution is 7.92. The van der Waals surface area contributed by atoms with Crippen LogP contribution in [0.2, 0.25) is 15.1 Å². The quantitative estimate of drug-likeness (QED) is 0.251. The molecular weight excluding hydrogens is 605 g/mol. The van der Waals surface area contributed by atoms with Crippen molar-refractivity contribution in [2.45, 2.75) is 64.6 Å². The molecule has 3 aromatic carbocycles. The molecule has 41 heavy (non-hydrogen) atoms. The Morgan fingerprint density at radius 2 is 1.54 bits per heavy atom. The predicted octanol–water partition coefficient (Wildman–Crippen LogP) is 6.79. The molecule has 0 heterocycles. The van der Waals surface area contributed by atoms with Crippen molar-refractivity contribution in [3.05, 3.63) is 92.4 Å². The Morgan fingerprint density at radius 3 is 2.12 bits per heavy atom. The maximum absolute atomic E-state index is 14.0. The number of nitrogens with zero attached hydrogens (tertiary/aromatic N) is 2. The molecular formula is C30H34Cl3N3O4S. The lowest BCUT2D eigenvalue weighted by Gasteiger charge is -2.32. The van der Waals surface area contributed by atoms with Crippen LogP contribution >= 0.6 is 34.8 Å². The summed E-state index contributed by atoms with van der Waals surface area (Å²) < 4.78 is 28.9. The van der Waals surface area contributed by atoms with Crippen molar-refractivity contribution in [1.82, 2.24) is 10.2 Å². The summed E-state index contributed by atoms with van der Waals surface area (Å²) in [5, 5.41) is 3.90. The summed E-state index contributed by atoms with van der Waals surface area (Å²) in [5.74, 6) is -0.950. The summed E-state index contributed by atoms with van der Waals surface area (Å²) >= 11 is 18.7. The van der Waals surface area contributed by atoms with Gasteiger partial charge in [-0.25, -0.2) is 8.42 Å². The van der Waals surface area contributed by atoms with Crippen molar-refractivity contribution < 1.29 is 18.0 Å². The van der Waals surface area contributed by atoms with Crippen LogP contribution in [0.3, 0.4) is 0 Å². The summed E-state index contributed by atoms with van der Waals surface area (Å²) in [4.78, 5) is 28.5. The second-order valence-corrected chi connectivity index (χ2v) is 13.1. The first kappa shape index (κ1) is 32.7. The van der Waals surface area contributed by atoms with Crippen LogP contribution in [0.15, 0.2) is 65.6 Å². The fourth-order valence-electron chi connectivity index (χ4n) is 3.99. The maximum Gasteiger partial charge on any atom is 0.264 e. The summed E-state index contributed by atoms with van der Waals surface area (Å²) in [6, 6.07) is 15.1. The van der Waals surface area contributed by atoms with Gasteiger partial charge in [-0.1, -0.05) is 71.6 Å². The lowest BCUT2D eigenvalue weighted by atomic mass is 10.1. The van der Waals surface area contributed by atoms with Crippen LogP contribution in [0.4, 0.5) is 5.69 Å². The highest BCUT2D eigenvalue weighted by Gasteiger charge is 2.33. The second-order valence-electron chi connectivity index (χ2n) is 10.0. The first-order valence-corrected chi connectivity index (χ1v) is 15.7. The molecule has 0 spiro atoms. The number of sulfonamides is 1. The van der Waals surface area contributed by atoms with Gasteiger partial charge >= 0.3 is 0 Å². The van der Waals surface area contributed by atoms with Gasteiger partial charge in [0.05, 0.1) is 20.6 Å². The normalized spacial score (nSPS) is 12.9. The van der Waals surface area contributed by atoms with Crippen LogP contribution < -0.4 is 9.62 Å². The molecule has 2 atom stereocenters. The molecule has 220 valence electrons. The van der Waals surface area contributed by atoms with Gasteiger partial charge in [-0.05, 0) is 81.6 Å². The maximum atomic E-state index is 14.0. The van der Waals surface area contributed by atoms with E-state index in [0.29, 0.717) is 27.1 Å². The minimum absolute atomic E-state index is 0.00210. The first-order valence-electron chi connectivity index (χ1n) is 13.1. The molecule has 11 heteroatoms. The minimum atomic E-state index is -4.20. The molecule has 0 radical (unpaired) electrons. The summed E-state index contributed by atoms with van der Waals surface area (Å²) in [5.41, 5.74) is 2.49. The van der Waals surface area contributed by atoms with E-state index in [0.717, 1.165) is 15.4 Å². The summed E-state index contributed by atoms with van der Waals surface area (Å²) in [6.45, 7) is 8.49. The van der Waals surface area contributed by atoms with Crippen molar-refractivity contribution >= 4 is 62.3 Å². The Labute approximate surface area is 257 Å². The third kappa shape index (κ3) is 8.16. The highest BCUT2D eigenvalue weighted by Crippen LogP contribution is 2.29. The molecule has 0 aliphatic carbocycles. The monoisotopic (exact) mass is 637 g/mol. The van der Waals surface area contributed by atoms with E-state index in [1.54, 1.807) is 56.3 Å². The molecule has 0 saturated carbocycles. The zero-order valence-electron chi connectivity index (χ0n) is 23.6. The van der Waals surface area contributed by atoms with E-state index in [1.807, 2.05) is 20.8 Å². The molecule has 0 unspecified atom stereocenters. The average molecular weight is 639 g/mol. The SMILES string of the molecule is CC[C@H](C)NC(=O)[C@H](C)N(Cc1ccc(Cl)c(Cl)c1)C(=O)CN(c1ccc(C)c(Cl)c1)S(=O)(=O)c1ccc(C)cc1. The fraction of sp³-hybridized carbons (Fsp3) is 0.333. The standard InChI is InChI=1S/C30H34Cl3N3O4S/c1-6-21(4)34-30(38)22(5)35(17-23-10-14-26(31)28(33)15-23)29(37)18-36(24-11-9-20(3)27(32)16-24)41(39,40)25-12-7-19(2)8-13-25/h7-16,21-22H,6,17-18H2,1-5H3,(H,34,38)/t21-,22-/m0/s1. The van der Waals surface area contributed by atoms with Crippen LogP contribution in [0.1, 0.15) is 43.9 Å². The van der Waals surface area contributed by atoms with Gasteiger partial charge in [-0.2, -0.15) is 0 Å². The summed E-state index contributed by atoms with van der Waals surface area (Å²) in [6.07, 6.45) is 0.704. The van der Waals surface area contributed by atoms with Crippen LogP contribution in [0.25, 0.3) is 0 Å². The molecule has 0 aliphatic heterocycles. The van der Waals surface area contributed by atoms with Gasteiger partial charge in [0.25, 0.3) is 10.0 Å². The van der Waals surface area contributed by atoms with Crippen molar-refractivity contribution in [2.24, 2.45) is 0 Å². The van der Waals surface area contributed by atoms with Gasteiger partial charge in [-0.3, -0.25) is 13.9 Å². The smallest absolute Gasteiger partial charge is 0.264 e. The number of amides is 2. The average Bonchev–Trinajstić information content (AvgIpc) is 2.93. The fourth-order valence-corrected chi connectivity index (χ4v) is 5.89. The Balaban J connectivity index is 2.06. The third-order valence-corrected chi connectivity index (χ3v) is 9.77. The second kappa shape index (κ2) is 13.9. The lowest BCUT2D eigenvalue weighted by molar-refractivity contribution is -0.139. The molecule has 0 bridgehead atoms. The number of carbonyl (C=O) groups excluding carboxylic acids is 2. The predicted molar refractivity (Wildman–Crippen MR) is 166 cm³/mol. The van der Waals surface area contributed by atoms with E-state index in [4.69, 9.17) is 34.8 Å². The largest absolute Gasteiger partial charge is 0.352 e. The Hall–Kier alpha value is -2.78. The van der Waals surface area contributed by atoms with Crippen molar-refractivity contribution in [3.8, 4) is 0 Å². The molecule has 0 aliphatic rings. The highest BCUT2D eigenvalue weighted by atomic mass is 35.5. The Kier molecular flexibility index (Phi) is 11.1. The van der Waals surface area contributed by atoms with E-state index in [1.165, 1.54) is 23.1 Å². The van der Waals surface area contributed by atoms with Gasteiger partial charge in [0.2, 0.25) is 11.8 Å². The van der Waals surface area contributed by atoms with Crippen LogP contribution in [-0.2, 0) is 26.2 Å². The number of aryl methyl sites for hydroxylation is 2. The number of carbonyl (C=O) groups is 2. The van der Waals surface area contributed by atoms with Crippen molar-refractivity contribution in [1.29, 1.82) is 0 Å². The number of hydrogen-bond acceptors (Lipinski definition) is 4. The van der Waals surface area contributed by atoms with Crippen LogP contribution in [0, 0.1) is 13.8 Å². The number of anilines is 1. The molecule has 0 saturated heterocycles. The van der Waals surface area contributed by atoms with Crippen molar-refractivity contribution in [3.63, 3.8) is 0 Å². The molecule has 0 fully saturated rings. The molecule has 3 rings (SSSR count). The Bertz CT molecular complexity index is 1510. The van der Waals surface area contributed by atoms with Crippen LogP contribution in [-0.4, -0.2) is 43.8 Å². The van der Waals surface area contributed by atoms with Gasteiger partial charge < -0.3 is 10.2 Å². The van der Waals surface area contributed by atoms with Crippen LogP contribution in [0.5, 0.6) is 0 Å². The molecule has 1 N–H and O–H groups in total. The zero-order chi connectivity index (χ0) is 30.5.